The summed E-state index contributed by atoms with van der Waals surface area (Å²) in [6.07, 6.45) is 2.01. The Balaban J connectivity index is 1.46. The van der Waals surface area contributed by atoms with E-state index in [4.69, 9.17) is 0 Å². The minimum Gasteiger partial charge on any atom is -0.345 e. The van der Waals surface area contributed by atoms with Crippen molar-refractivity contribution >= 4 is 11.8 Å². The molecule has 0 radical (unpaired) electrons. The van der Waals surface area contributed by atoms with Crippen LogP contribution < -0.4 is 5.32 Å². The fraction of sp³-hybridized carbons (Fsp3) is 0.529. The summed E-state index contributed by atoms with van der Waals surface area (Å²) in [5, 5.41) is 2.76. The van der Waals surface area contributed by atoms with Gasteiger partial charge in [0.2, 0.25) is 0 Å². The van der Waals surface area contributed by atoms with E-state index in [2.05, 4.69) is 41.4 Å². The van der Waals surface area contributed by atoms with Crippen LogP contribution in [0.25, 0.3) is 0 Å². The van der Waals surface area contributed by atoms with Gasteiger partial charge in [-0.1, -0.05) is 29.8 Å². The van der Waals surface area contributed by atoms with Crippen LogP contribution in [0.2, 0.25) is 0 Å². The molecule has 5 nitrogen and oxygen atoms in total. The quantitative estimate of drug-likeness (QED) is 0.845. The number of nitrogens with zero attached hydrogens (tertiary/aromatic N) is 2. The normalized spacial score (nSPS) is 19.0. The van der Waals surface area contributed by atoms with E-state index in [1.54, 1.807) is 4.90 Å². The van der Waals surface area contributed by atoms with Gasteiger partial charge in [-0.3, -0.25) is 14.5 Å². The first-order valence-electron chi connectivity index (χ1n) is 7.99. The Kier molecular flexibility index (Phi) is 4.43. The predicted octanol–water partition coefficient (Wildman–Crippen LogP) is 0.918. The maximum atomic E-state index is 12.1. The molecule has 1 aromatic rings. The molecule has 2 amide bonds. The largest absolute Gasteiger partial charge is 0.345 e. The number of rotatable bonds is 3. The molecule has 1 saturated carbocycles. The van der Waals surface area contributed by atoms with E-state index in [9.17, 15) is 9.59 Å². The molecule has 0 atom stereocenters. The molecule has 1 aromatic carbocycles. The second kappa shape index (κ2) is 6.48. The molecule has 1 aliphatic heterocycles. The Labute approximate surface area is 131 Å². The van der Waals surface area contributed by atoms with Crippen molar-refractivity contribution in [1.82, 2.24) is 15.1 Å². The molecule has 22 heavy (non-hydrogen) atoms. The Bertz CT molecular complexity index is 544. The van der Waals surface area contributed by atoms with Gasteiger partial charge in [-0.05, 0) is 25.3 Å². The monoisotopic (exact) mass is 301 g/mol. The van der Waals surface area contributed by atoms with Crippen LogP contribution in [0.5, 0.6) is 0 Å². The van der Waals surface area contributed by atoms with Gasteiger partial charge in [0.1, 0.15) is 0 Å². The third kappa shape index (κ3) is 3.85. The highest BCUT2D eigenvalue weighted by Crippen LogP contribution is 2.18. The number of hydrogen-bond donors (Lipinski definition) is 1. The first kappa shape index (κ1) is 15.0. The average molecular weight is 301 g/mol. The SMILES string of the molecule is Cc1ccc(CN2CCN(C(=O)C(=O)NC3CC3)CC2)cc1. The maximum Gasteiger partial charge on any atom is 0.311 e. The van der Waals surface area contributed by atoms with Gasteiger partial charge in [0.05, 0.1) is 0 Å². The first-order valence-corrected chi connectivity index (χ1v) is 7.99. The number of amides is 2. The summed E-state index contributed by atoms with van der Waals surface area (Å²) in [4.78, 5) is 27.8. The van der Waals surface area contributed by atoms with Crippen LogP contribution in [-0.4, -0.2) is 53.8 Å². The van der Waals surface area contributed by atoms with Crippen molar-refractivity contribution in [3.05, 3.63) is 35.4 Å². The predicted molar refractivity (Wildman–Crippen MR) is 84.2 cm³/mol. The molecular weight excluding hydrogens is 278 g/mol. The van der Waals surface area contributed by atoms with Crippen LogP contribution in [-0.2, 0) is 16.1 Å². The van der Waals surface area contributed by atoms with Gasteiger partial charge in [0.15, 0.2) is 0 Å². The highest BCUT2D eigenvalue weighted by atomic mass is 16.2. The van der Waals surface area contributed by atoms with E-state index >= 15 is 0 Å². The summed E-state index contributed by atoms with van der Waals surface area (Å²) >= 11 is 0. The Morgan fingerprint density at radius 2 is 1.73 bits per heavy atom. The zero-order valence-corrected chi connectivity index (χ0v) is 13.0. The molecule has 1 heterocycles. The Morgan fingerprint density at radius 1 is 1.09 bits per heavy atom. The van der Waals surface area contributed by atoms with Gasteiger partial charge in [0, 0.05) is 38.8 Å². The van der Waals surface area contributed by atoms with Gasteiger partial charge in [0.25, 0.3) is 0 Å². The minimum absolute atomic E-state index is 0.235. The van der Waals surface area contributed by atoms with Crippen LogP contribution in [0.4, 0.5) is 0 Å². The molecule has 1 saturated heterocycles. The smallest absolute Gasteiger partial charge is 0.311 e. The van der Waals surface area contributed by atoms with Crippen LogP contribution in [0.1, 0.15) is 24.0 Å². The van der Waals surface area contributed by atoms with E-state index in [-0.39, 0.29) is 11.9 Å². The second-order valence-electron chi connectivity index (χ2n) is 6.30. The van der Waals surface area contributed by atoms with E-state index < -0.39 is 5.91 Å². The lowest BCUT2D eigenvalue weighted by Gasteiger charge is -2.34. The van der Waals surface area contributed by atoms with Gasteiger partial charge in [-0.25, -0.2) is 0 Å². The summed E-state index contributed by atoms with van der Waals surface area (Å²) in [6, 6.07) is 8.78. The molecule has 0 bridgehead atoms. The Hall–Kier alpha value is -1.88. The van der Waals surface area contributed by atoms with Crippen LogP contribution in [0.3, 0.4) is 0 Å². The Morgan fingerprint density at radius 3 is 2.32 bits per heavy atom. The molecular formula is C17H23N3O2. The van der Waals surface area contributed by atoms with Gasteiger partial charge in [-0.15, -0.1) is 0 Å². The summed E-state index contributed by atoms with van der Waals surface area (Å²) in [7, 11) is 0. The van der Waals surface area contributed by atoms with E-state index in [0.717, 1.165) is 32.5 Å². The van der Waals surface area contributed by atoms with Gasteiger partial charge in [-0.2, -0.15) is 0 Å². The number of hydrogen-bond acceptors (Lipinski definition) is 3. The molecule has 118 valence electrons. The zero-order valence-electron chi connectivity index (χ0n) is 13.0. The van der Waals surface area contributed by atoms with Crippen molar-refractivity contribution in [2.24, 2.45) is 0 Å². The number of aryl methyl sites for hydroxylation is 1. The van der Waals surface area contributed by atoms with E-state index in [1.807, 2.05) is 0 Å². The lowest BCUT2D eigenvalue weighted by Crippen LogP contribution is -2.52. The lowest BCUT2D eigenvalue weighted by atomic mass is 10.1. The molecule has 2 aliphatic rings. The van der Waals surface area contributed by atoms with Gasteiger partial charge >= 0.3 is 11.8 Å². The van der Waals surface area contributed by atoms with E-state index in [1.165, 1.54) is 11.1 Å². The van der Waals surface area contributed by atoms with Crippen molar-refractivity contribution < 1.29 is 9.59 Å². The molecule has 1 aliphatic carbocycles. The molecule has 0 aromatic heterocycles. The number of benzene rings is 1. The van der Waals surface area contributed by atoms with Crippen molar-refractivity contribution in [3.63, 3.8) is 0 Å². The summed E-state index contributed by atoms with van der Waals surface area (Å²) < 4.78 is 0. The highest BCUT2D eigenvalue weighted by molar-refractivity contribution is 6.35. The standard InChI is InChI=1S/C17H23N3O2/c1-13-2-4-14(5-3-13)12-19-8-10-20(11-9-19)17(22)16(21)18-15-6-7-15/h2-5,15H,6-12H2,1H3,(H,18,21). The van der Waals surface area contributed by atoms with Crippen molar-refractivity contribution in [2.75, 3.05) is 26.2 Å². The maximum absolute atomic E-state index is 12.1. The third-order valence-electron chi connectivity index (χ3n) is 4.29. The topological polar surface area (TPSA) is 52.7 Å². The summed E-state index contributed by atoms with van der Waals surface area (Å²) in [5.74, 6) is -0.809. The molecule has 1 N–H and O–H groups in total. The molecule has 3 rings (SSSR count). The second-order valence-corrected chi connectivity index (χ2v) is 6.30. The van der Waals surface area contributed by atoms with Gasteiger partial charge < -0.3 is 10.2 Å². The average Bonchev–Trinajstić information content (AvgIpc) is 3.33. The van der Waals surface area contributed by atoms with Crippen molar-refractivity contribution in [1.29, 1.82) is 0 Å². The molecule has 0 unspecified atom stereocenters. The fourth-order valence-electron chi connectivity index (χ4n) is 2.68. The molecule has 5 heteroatoms. The third-order valence-corrected chi connectivity index (χ3v) is 4.29. The van der Waals surface area contributed by atoms with Crippen LogP contribution in [0.15, 0.2) is 24.3 Å². The van der Waals surface area contributed by atoms with Crippen molar-refractivity contribution in [3.8, 4) is 0 Å². The van der Waals surface area contributed by atoms with Crippen LogP contribution >= 0.6 is 0 Å². The number of carbonyl (C=O) groups excluding carboxylic acids is 2. The first-order chi connectivity index (χ1) is 10.6. The summed E-state index contributed by atoms with van der Waals surface area (Å²) in [6.45, 7) is 5.87. The molecule has 2 fully saturated rings. The number of carbonyl (C=O) groups is 2. The zero-order chi connectivity index (χ0) is 15.5. The van der Waals surface area contributed by atoms with Crippen LogP contribution in [0, 0.1) is 6.92 Å². The minimum atomic E-state index is -0.436. The molecule has 0 spiro atoms. The summed E-state index contributed by atoms with van der Waals surface area (Å²) in [5.41, 5.74) is 2.55. The lowest BCUT2D eigenvalue weighted by molar-refractivity contribution is -0.147. The van der Waals surface area contributed by atoms with Crippen molar-refractivity contribution in [2.45, 2.75) is 32.4 Å². The number of piperazine rings is 1. The fourth-order valence-corrected chi connectivity index (χ4v) is 2.68. The number of nitrogens with one attached hydrogen (secondary N) is 1. The highest BCUT2D eigenvalue weighted by Gasteiger charge is 2.30. The van der Waals surface area contributed by atoms with E-state index in [0.29, 0.717) is 13.1 Å².